The minimum atomic E-state index is -0.326. The van der Waals surface area contributed by atoms with Crippen LogP contribution >= 0.6 is 23.4 Å². The summed E-state index contributed by atoms with van der Waals surface area (Å²) in [5.41, 5.74) is 0. The zero-order valence-electron chi connectivity index (χ0n) is 15.9. The molecule has 8 heteroatoms. The molecular formula is C20H25ClN4O2S. The number of hydrogen-bond donors (Lipinski definition) is 1. The number of aromatic nitrogens is 3. The van der Waals surface area contributed by atoms with E-state index in [1.54, 1.807) is 18.2 Å². The first-order valence-electron chi connectivity index (χ1n) is 9.45. The van der Waals surface area contributed by atoms with Gasteiger partial charge in [-0.3, -0.25) is 9.36 Å². The highest BCUT2D eigenvalue weighted by Gasteiger charge is 2.21. The number of hydrogen-bond acceptors (Lipinski definition) is 5. The van der Waals surface area contributed by atoms with Gasteiger partial charge in [-0.1, -0.05) is 48.3 Å². The molecule has 0 radical (unpaired) electrons. The normalized spacial score (nSPS) is 15.4. The molecule has 1 saturated carbocycles. The Labute approximate surface area is 174 Å². The van der Waals surface area contributed by atoms with Crippen molar-refractivity contribution in [2.75, 3.05) is 5.75 Å². The van der Waals surface area contributed by atoms with E-state index >= 15 is 0 Å². The smallest absolute Gasteiger partial charge is 0.230 e. The quantitative estimate of drug-likeness (QED) is 0.480. The molecule has 1 amide bonds. The lowest BCUT2D eigenvalue weighted by atomic mass is 10.2. The number of benzene rings is 1. The van der Waals surface area contributed by atoms with Gasteiger partial charge in [0.1, 0.15) is 5.75 Å². The highest BCUT2D eigenvalue weighted by molar-refractivity contribution is 7.99. The van der Waals surface area contributed by atoms with Crippen LogP contribution in [0.4, 0.5) is 0 Å². The standard InChI is InChI=1S/C20H25ClN4O2S/c1-3-11-25-19(14(2)27-17-10-6-7-15(21)12-17)23-24-20(25)28-13-18(26)22-16-8-4-5-9-16/h3,6-7,10,12,14,16H,1,4-5,8-9,11,13H2,2H3,(H,22,26). The molecule has 1 aromatic carbocycles. The van der Waals surface area contributed by atoms with Gasteiger partial charge in [-0.2, -0.15) is 0 Å². The van der Waals surface area contributed by atoms with Gasteiger partial charge in [0.05, 0.1) is 5.75 Å². The Morgan fingerprint density at radius 2 is 2.25 bits per heavy atom. The van der Waals surface area contributed by atoms with Gasteiger partial charge in [-0.15, -0.1) is 16.8 Å². The summed E-state index contributed by atoms with van der Waals surface area (Å²) in [6, 6.07) is 7.56. The fourth-order valence-corrected chi connectivity index (χ4v) is 4.22. The molecule has 1 aromatic heterocycles. The van der Waals surface area contributed by atoms with Crippen molar-refractivity contribution in [2.45, 2.75) is 56.5 Å². The van der Waals surface area contributed by atoms with Gasteiger partial charge in [-0.05, 0) is 38.0 Å². The van der Waals surface area contributed by atoms with Crippen LogP contribution in [-0.4, -0.2) is 32.5 Å². The van der Waals surface area contributed by atoms with Crippen LogP contribution < -0.4 is 10.1 Å². The molecule has 0 saturated heterocycles. The predicted molar refractivity (Wildman–Crippen MR) is 112 cm³/mol. The van der Waals surface area contributed by atoms with E-state index in [0.717, 1.165) is 12.8 Å². The number of carbonyl (C=O) groups excluding carboxylic acids is 1. The molecule has 1 atom stereocenters. The topological polar surface area (TPSA) is 69.0 Å². The van der Waals surface area contributed by atoms with Crippen molar-refractivity contribution < 1.29 is 9.53 Å². The highest BCUT2D eigenvalue weighted by Crippen LogP contribution is 2.26. The summed E-state index contributed by atoms with van der Waals surface area (Å²) in [6.45, 7) is 6.26. The number of thioether (sulfide) groups is 1. The third-order valence-electron chi connectivity index (χ3n) is 4.58. The lowest BCUT2D eigenvalue weighted by molar-refractivity contribution is -0.119. The van der Waals surface area contributed by atoms with E-state index in [1.165, 1.54) is 24.6 Å². The second-order valence-corrected chi connectivity index (χ2v) is 8.17. The average molecular weight is 421 g/mol. The predicted octanol–water partition coefficient (Wildman–Crippen LogP) is 4.41. The average Bonchev–Trinajstić information content (AvgIpc) is 3.30. The molecule has 6 nitrogen and oxygen atoms in total. The maximum atomic E-state index is 12.2. The van der Waals surface area contributed by atoms with Crippen molar-refractivity contribution in [1.29, 1.82) is 0 Å². The molecule has 0 bridgehead atoms. The molecule has 150 valence electrons. The van der Waals surface area contributed by atoms with Gasteiger partial charge in [0, 0.05) is 17.6 Å². The third kappa shape index (κ3) is 5.52. The fraction of sp³-hybridized carbons (Fsp3) is 0.450. The summed E-state index contributed by atoms with van der Waals surface area (Å²) in [4.78, 5) is 12.2. The number of amides is 1. The zero-order valence-corrected chi connectivity index (χ0v) is 17.5. The minimum Gasteiger partial charge on any atom is -0.483 e. The van der Waals surface area contributed by atoms with Gasteiger partial charge < -0.3 is 10.1 Å². The van der Waals surface area contributed by atoms with Crippen LogP contribution in [0.1, 0.15) is 44.5 Å². The van der Waals surface area contributed by atoms with Gasteiger partial charge >= 0.3 is 0 Å². The number of allylic oxidation sites excluding steroid dienone is 1. The third-order valence-corrected chi connectivity index (χ3v) is 5.78. The van der Waals surface area contributed by atoms with E-state index in [0.29, 0.717) is 40.1 Å². The zero-order chi connectivity index (χ0) is 19.9. The van der Waals surface area contributed by atoms with Crippen LogP contribution in [0.3, 0.4) is 0 Å². The molecule has 0 aliphatic heterocycles. The van der Waals surface area contributed by atoms with Gasteiger partial charge in [0.15, 0.2) is 17.1 Å². The Morgan fingerprint density at radius 3 is 2.96 bits per heavy atom. The van der Waals surface area contributed by atoms with Crippen LogP contribution in [0.5, 0.6) is 5.75 Å². The molecule has 1 aliphatic rings. The summed E-state index contributed by atoms with van der Waals surface area (Å²) < 4.78 is 7.89. The molecule has 1 fully saturated rings. The maximum Gasteiger partial charge on any atom is 0.230 e. The summed E-state index contributed by atoms with van der Waals surface area (Å²) in [5.74, 6) is 1.70. The molecule has 0 spiro atoms. The number of rotatable bonds is 9. The lowest BCUT2D eigenvalue weighted by Crippen LogP contribution is -2.33. The second-order valence-electron chi connectivity index (χ2n) is 6.80. The second kappa shape index (κ2) is 9.98. The van der Waals surface area contributed by atoms with E-state index < -0.39 is 0 Å². The first-order valence-corrected chi connectivity index (χ1v) is 10.8. The minimum absolute atomic E-state index is 0.0369. The Hall–Kier alpha value is -1.99. The SMILES string of the molecule is C=CCn1c(SCC(=O)NC2CCCC2)nnc1C(C)Oc1cccc(Cl)c1. The van der Waals surface area contributed by atoms with Gasteiger partial charge in [0.2, 0.25) is 5.91 Å². The van der Waals surface area contributed by atoms with Crippen LogP contribution in [0, 0.1) is 0 Å². The van der Waals surface area contributed by atoms with Crippen LogP contribution in [0.25, 0.3) is 0 Å². The molecule has 1 unspecified atom stereocenters. The van der Waals surface area contributed by atoms with E-state index in [9.17, 15) is 4.79 Å². The molecule has 1 heterocycles. The van der Waals surface area contributed by atoms with E-state index in [2.05, 4.69) is 22.1 Å². The summed E-state index contributed by atoms with van der Waals surface area (Å²) in [6.07, 6.45) is 5.99. The largest absolute Gasteiger partial charge is 0.483 e. The van der Waals surface area contributed by atoms with E-state index in [1.807, 2.05) is 23.6 Å². The number of nitrogens with zero attached hydrogens (tertiary/aromatic N) is 3. The van der Waals surface area contributed by atoms with Crippen molar-refractivity contribution in [1.82, 2.24) is 20.1 Å². The van der Waals surface area contributed by atoms with Gasteiger partial charge in [-0.25, -0.2) is 0 Å². The van der Waals surface area contributed by atoms with Crippen molar-refractivity contribution >= 4 is 29.3 Å². The molecule has 1 N–H and O–H groups in total. The Kier molecular flexibility index (Phi) is 7.39. The molecule has 28 heavy (non-hydrogen) atoms. The van der Waals surface area contributed by atoms with Crippen LogP contribution in [-0.2, 0) is 11.3 Å². The highest BCUT2D eigenvalue weighted by atomic mass is 35.5. The van der Waals surface area contributed by atoms with Crippen molar-refractivity contribution in [2.24, 2.45) is 0 Å². The number of halogens is 1. The van der Waals surface area contributed by atoms with Crippen molar-refractivity contribution in [3.8, 4) is 5.75 Å². The number of carbonyl (C=O) groups is 1. The summed E-state index contributed by atoms with van der Waals surface area (Å²) in [5, 5.41) is 12.9. The van der Waals surface area contributed by atoms with Crippen molar-refractivity contribution in [3.63, 3.8) is 0 Å². The van der Waals surface area contributed by atoms with E-state index in [4.69, 9.17) is 16.3 Å². The maximum absolute atomic E-state index is 12.2. The molecule has 3 rings (SSSR count). The van der Waals surface area contributed by atoms with Crippen LogP contribution in [0.2, 0.25) is 5.02 Å². The Bertz CT molecular complexity index is 820. The first-order chi connectivity index (χ1) is 13.6. The first kappa shape index (κ1) is 20.7. The summed E-state index contributed by atoms with van der Waals surface area (Å²) >= 11 is 7.40. The van der Waals surface area contributed by atoms with E-state index in [-0.39, 0.29) is 12.0 Å². The van der Waals surface area contributed by atoms with Crippen molar-refractivity contribution in [3.05, 3.63) is 47.8 Å². The monoisotopic (exact) mass is 420 g/mol. The lowest BCUT2D eigenvalue weighted by Gasteiger charge is -2.16. The molecule has 2 aromatic rings. The number of ether oxygens (including phenoxy) is 1. The number of nitrogens with one attached hydrogen (secondary N) is 1. The fourth-order valence-electron chi connectivity index (χ4n) is 3.27. The van der Waals surface area contributed by atoms with Crippen LogP contribution in [0.15, 0.2) is 42.1 Å². The van der Waals surface area contributed by atoms with Gasteiger partial charge in [0.25, 0.3) is 0 Å². The Morgan fingerprint density at radius 1 is 1.46 bits per heavy atom. The Balaban J connectivity index is 1.64. The summed E-state index contributed by atoms with van der Waals surface area (Å²) in [7, 11) is 0. The molecule has 1 aliphatic carbocycles. The molecular weight excluding hydrogens is 396 g/mol.